The van der Waals surface area contributed by atoms with E-state index in [0.717, 1.165) is 19.3 Å². The predicted octanol–water partition coefficient (Wildman–Crippen LogP) is 2.75. The number of hydrogen-bond acceptors (Lipinski definition) is 2. The van der Waals surface area contributed by atoms with E-state index in [0.29, 0.717) is 0 Å². The van der Waals surface area contributed by atoms with Crippen LogP contribution in [0.15, 0.2) is 29.5 Å². The highest BCUT2D eigenvalue weighted by Crippen LogP contribution is 2.34. The number of rotatable bonds is 2. The average Bonchev–Trinajstić information content (AvgIpc) is 2.10. The van der Waals surface area contributed by atoms with Gasteiger partial charge in [0.05, 0.1) is 6.21 Å². The molecule has 66 valence electrons. The zero-order valence-electron chi connectivity index (χ0n) is 7.45. The van der Waals surface area contributed by atoms with E-state index in [1.807, 2.05) is 6.08 Å². The van der Waals surface area contributed by atoms with Crippen LogP contribution < -0.4 is 0 Å². The topological polar surface area (TPSA) is 32.6 Å². The molecule has 2 nitrogen and oxygen atoms in total. The van der Waals surface area contributed by atoms with Gasteiger partial charge in [0.1, 0.15) is 0 Å². The Bertz CT molecular complexity index is 230. The minimum absolute atomic E-state index is 0.103. The van der Waals surface area contributed by atoms with Crippen molar-refractivity contribution in [2.24, 2.45) is 10.6 Å². The van der Waals surface area contributed by atoms with E-state index in [4.69, 9.17) is 5.21 Å². The van der Waals surface area contributed by atoms with Gasteiger partial charge in [0.2, 0.25) is 0 Å². The minimum Gasteiger partial charge on any atom is -0.411 e. The fourth-order valence-electron chi connectivity index (χ4n) is 1.47. The molecule has 0 bridgehead atoms. The van der Waals surface area contributed by atoms with E-state index >= 15 is 0 Å². The first kappa shape index (κ1) is 9.04. The number of allylic oxidation sites excluding steroid dienone is 3. The van der Waals surface area contributed by atoms with Crippen LogP contribution in [-0.4, -0.2) is 11.4 Å². The monoisotopic (exact) mass is 165 g/mol. The number of nitrogens with zero attached hydrogens (tertiary/aromatic N) is 1. The summed E-state index contributed by atoms with van der Waals surface area (Å²) in [6.07, 6.45) is 8.62. The minimum atomic E-state index is -0.103. The molecule has 0 aromatic carbocycles. The molecule has 0 aromatic heterocycles. The van der Waals surface area contributed by atoms with Crippen molar-refractivity contribution in [1.29, 1.82) is 0 Å². The van der Waals surface area contributed by atoms with Gasteiger partial charge in [0.15, 0.2) is 0 Å². The second-order valence-electron chi connectivity index (χ2n) is 3.44. The van der Waals surface area contributed by atoms with Crippen LogP contribution >= 0.6 is 0 Å². The predicted molar refractivity (Wildman–Crippen MR) is 50.5 cm³/mol. The maximum atomic E-state index is 8.48. The highest BCUT2D eigenvalue weighted by atomic mass is 16.4. The molecule has 1 unspecified atom stereocenters. The average molecular weight is 165 g/mol. The van der Waals surface area contributed by atoms with Gasteiger partial charge in [-0.1, -0.05) is 17.7 Å². The Labute approximate surface area is 73.3 Å². The van der Waals surface area contributed by atoms with Crippen LogP contribution in [0, 0.1) is 5.41 Å². The summed E-state index contributed by atoms with van der Waals surface area (Å²) < 4.78 is 0. The van der Waals surface area contributed by atoms with Crippen molar-refractivity contribution in [1.82, 2.24) is 0 Å². The summed E-state index contributed by atoms with van der Waals surface area (Å²) >= 11 is 0. The third-order valence-corrected chi connectivity index (χ3v) is 2.54. The van der Waals surface area contributed by atoms with E-state index in [1.54, 1.807) is 6.21 Å². The second-order valence-corrected chi connectivity index (χ2v) is 3.44. The van der Waals surface area contributed by atoms with Crippen LogP contribution in [0.1, 0.15) is 26.2 Å². The molecule has 12 heavy (non-hydrogen) atoms. The molecule has 0 aliphatic heterocycles. The summed E-state index contributed by atoms with van der Waals surface area (Å²) in [5, 5.41) is 11.6. The van der Waals surface area contributed by atoms with Gasteiger partial charge in [-0.15, -0.1) is 11.7 Å². The van der Waals surface area contributed by atoms with Crippen molar-refractivity contribution in [2.45, 2.75) is 26.2 Å². The Morgan fingerprint density at radius 2 is 2.50 bits per heavy atom. The van der Waals surface area contributed by atoms with E-state index < -0.39 is 0 Å². The van der Waals surface area contributed by atoms with E-state index in [2.05, 4.69) is 24.7 Å². The van der Waals surface area contributed by atoms with Crippen LogP contribution in [0.4, 0.5) is 0 Å². The quantitative estimate of drug-likeness (QED) is 0.290. The lowest BCUT2D eigenvalue weighted by Gasteiger charge is -2.28. The molecule has 1 rings (SSSR count). The van der Waals surface area contributed by atoms with Crippen molar-refractivity contribution < 1.29 is 5.21 Å². The van der Waals surface area contributed by atoms with E-state index in [1.165, 1.54) is 5.57 Å². The van der Waals surface area contributed by atoms with Crippen LogP contribution in [0.2, 0.25) is 0 Å². The lowest BCUT2D eigenvalue weighted by atomic mass is 9.76. The largest absolute Gasteiger partial charge is 0.411 e. The molecule has 0 heterocycles. The van der Waals surface area contributed by atoms with Gasteiger partial charge in [-0.05, 0) is 26.2 Å². The second kappa shape index (κ2) is 3.57. The first-order chi connectivity index (χ1) is 5.72. The molecule has 0 spiro atoms. The van der Waals surface area contributed by atoms with Crippen molar-refractivity contribution in [3.8, 4) is 0 Å². The summed E-state index contributed by atoms with van der Waals surface area (Å²) in [6.45, 7) is 5.90. The third kappa shape index (κ3) is 1.76. The van der Waals surface area contributed by atoms with Gasteiger partial charge in [-0.25, -0.2) is 0 Å². The molecular formula is C10H15NO. The molecule has 0 saturated carbocycles. The molecule has 0 radical (unpaired) electrons. The van der Waals surface area contributed by atoms with Crippen molar-refractivity contribution >= 4 is 6.21 Å². The maximum absolute atomic E-state index is 8.48. The molecule has 1 N–H and O–H groups in total. The first-order valence-electron chi connectivity index (χ1n) is 4.20. The van der Waals surface area contributed by atoms with Crippen LogP contribution in [0.5, 0.6) is 0 Å². The maximum Gasteiger partial charge on any atom is 0.0538 e. The smallest absolute Gasteiger partial charge is 0.0538 e. The van der Waals surface area contributed by atoms with Gasteiger partial charge in [-0.2, -0.15) is 0 Å². The summed E-state index contributed by atoms with van der Waals surface area (Å²) in [4.78, 5) is 0. The molecule has 1 aliphatic carbocycles. The van der Waals surface area contributed by atoms with Gasteiger partial charge in [0, 0.05) is 5.41 Å². The van der Waals surface area contributed by atoms with E-state index in [9.17, 15) is 0 Å². The highest BCUT2D eigenvalue weighted by molar-refractivity contribution is 5.68. The Morgan fingerprint density at radius 1 is 1.75 bits per heavy atom. The molecule has 1 atom stereocenters. The number of hydrogen-bond donors (Lipinski definition) is 1. The van der Waals surface area contributed by atoms with Gasteiger partial charge >= 0.3 is 0 Å². The molecular weight excluding hydrogens is 150 g/mol. The van der Waals surface area contributed by atoms with Gasteiger partial charge < -0.3 is 5.21 Å². The van der Waals surface area contributed by atoms with Crippen LogP contribution in [0.25, 0.3) is 0 Å². The zero-order chi connectivity index (χ0) is 9.03. The molecule has 0 amide bonds. The molecule has 1 aliphatic rings. The molecule has 0 aromatic rings. The summed E-state index contributed by atoms with van der Waals surface area (Å²) in [5.74, 6) is 0. The van der Waals surface area contributed by atoms with Crippen LogP contribution in [-0.2, 0) is 0 Å². The third-order valence-electron chi connectivity index (χ3n) is 2.54. The van der Waals surface area contributed by atoms with Crippen molar-refractivity contribution in [2.75, 3.05) is 0 Å². The first-order valence-corrected chi connectivity index (χ1v) is 4.20. The van der Waals surface area contributed by atoms with Crippen molar-refractivity contribution in [3.63, 3.8) is 0 Å². The zero-order valence-corrected chi connectivity index (χ0v) is 7.45. The van der Waals surface area contributed by atoms with E-state index in [-0.39, 0.29) is 5.41 Å². The lowest BCUT2D eigenvalue weighted by molar-refractivity contribution is 0.312. The molecule has 0 fully saturated rings. The fraction of sp³-hybridized carbons (Fsp3) is 0.500. The van der Waals surface area contributed by atoms with Crippen LogP contribution in [0.3, 0.4) is 0 Å². The van der Waals surface area contributed by atoms with Gasteiger partial charge in [0.25, 0.3) is 0 Å². The standard InChI is InChI=1S/C10H15NO/c1-3-10(8-11-12)6-4-9(2)5-7-10/h3-4,8,12H,1,5-7H2,2H3/b11-8-. The van der Waals surface area contributed by atoms with Crippen molar-refractivity contribution in [3.05, 3.63) is 24.3 Å². The summed E-state index contributed by atoms with van der Waals surface area (Å²) in [7, 11) is 0. The Kier molecular flexibility index (Phi) is 2.69. The Hall–Kier alpha value is -1.05. The SMILES string of the molecule is C=CC1(/C=N\O)CC=C(C)CC1. The molecule has 2 heteroatoms. The molecule has 0 saturated heterocycles. The Morgan fingerprint density at radius 3 is 2.92 bits per heavy atom. The highest BCUT2D eigenvalue weighted by Gasteiger charge is 2.26. The lowest BCUT2D eigenvalue weighted by Crippen LogP contribution is -2.21. The summed E-state index contributed by atoms with van der Waals surface area (Å²) in [6, 6.07) is 0. The fourth-order valence-corrected chi connectivity index (χ4v) is 1.47. The van der Waals surface area contributed by atoms with Gasteiger partial charge in [-0.3, -0.25) is 0 Å². The summed E-state index contributed by atoms with van der Waals surface area (Å²) in [5.41, 5.74) is 1.31. The normalized spacial score (nSPS) is 30.2. The Balaban J connectivity index is 2.77. The number of oxime groups is 1.